The summed E-state index contributed by atoms with van der Waals surface area (Å²) in [7, 11) is -0.584. The van der Waals surface area contributed by atoms with E-state index in [9.17, 15) is 13.7 Å². The minimum absolute atomic E-state index is 0.170. The van der Waals surface area contributed by atoms with Gasteiger partial charge in [-0.3, -0.25) is 0 Å². The molecule has 9 heteroatoms. The van der Waals surface area contributed by atoms with Gasteiger partial charge in [-0.1, -0.05) is 0 Å². The molecule has 138 valence electrons. The molecular weight excluding hydrogens is 370 g/mol. The van der Waals surface area contributed by atoms with E-state index in [1.165, 1.54) is 25.4 Å². The van der Waals surface area contributed by atoms with Crippen molar-refractivity contribution in [1.82, 2.24) is 9.29 Å². The number of hydrogen-bond donors (Lipinski definition) is 2. The van der Waals surface area contributed by atoms with Gasteiger partial charge in [0.05, 0.1) is 16.3 Å². The molecule has 1 aromatic carbocycles. The molecule has 0 saturated carbocycles. The first kappa shape index (κ1) is 19.9. The summed E-state index contributed by atoms with van der Waals surface area (Å²) in [4.78, 5) is 4.47. The molecule has 0 saturated heterocycles. The van der Waals surface area contributed by atoms with Crippen molar-refractivity contribution in [3.8, 4) is 6.07 Å². The number of rotatable bonds is 7. The number of nitriles is 1. The minimum Gasteiger partial charge on any atom is -0.384 e. The summed E-state index contributed by atoms with van der Waals surface area (Å²) in [5.74, 6) is 0. The molecular formula is C17H21N5O2S2. The van der Waals surface area contributed by atoms with Gasteiger partial charge in [-0.25, -0.2) is 17.7 Å². The van der Waals surface area contributed by atoms with Crippen LogP contribution in [0.1, 0.15) is 17.6 Å². The Labute approximate surface area is 158 Å². The highest BCUT2D eigenvalue weighted by atomic mass is 32.2. The van der Waals surface area contributed by atoms with Crippen LogP contribution in [0.25, 0.3) is 5.57 Å². The van der Waals surface area contributed by atoms with E-state index in [-0.39, 0.29) is 4.90 Å². The average molecular weight is 392 g/mol. The Bertz CT molecular complexity index is 956. The van der Waals surface area contributed by atoms with Crippen LogP contribution in [0.2, 0.25) is 0 Å². The third kappa shape index (κ3) is 4.40. The van der Waals surface area contributed by atoms with Crippen molar-refractivity contribution >= 4 is 38.3 Å². The zero-order valence-electron chi connectivity index (χ0n) is 15.1. The SMILES string of the molecule is CCNc1ccc(S(=O)(=O)N(C)C)cc1N/C=C(\C#N)c1nc(C)cs1. The fourth-order valence-corrected chi connectivity index (χ4v) is 3.82. The first-order chi connectivity index (χ1) is 12.3. The molecule has 2 aromatic rings. The largest absolute Gasteiger partial charge is 0.384 e. The summed E-state index contributed by atoms with van der Waals surface area (Å²) < 4.78 is 25.9. The van der Waals surface area contributed by atoms with Gasteiger partial charge in [0.25, 0.3) is 0 Å². The Hall–Kier alpha value is -2.41. The third-order valence-electron chi connectivity index (χ3n) is 3.48. The van der Waals surface area contributed by atoms with Gasteiger partial charge in [0.15, 0.2) is 0 Å². The van der Waals surface area contributed by atoms with Crippen molar-refractivity contribution in [3.63, 3.8) is 0 Å². The molecule has 1 aromatic heterocycles. The quantitative estimate of drug-likeness (QED) is 0.704. The number of nitrogens with one attached hydrogen (secondary N) is 2. The molecule has 0 amide bonds. The van der Waals surface area contributed by atoms with Crippen molar-refractivity contribution in [2.75, 3.05) is 31.3 Å². The molecule has 7 nitrogen and oxygen atoms in total. The molecule has 0 atom stereocenters. The molecule has 26 heavy (non-hydrogen) atoms. The van der Waals surface area contributed by atoms with Crippen LogP contribution < -0.4 is 10.6 Å². The fraction of sp³-hybridized carbons (Fsp3) is 0.294. The zero-order valence-corrected chi connectivity index (χ0v) is 16.7. The highest BCUT2D eigenvalue weighted by Crippen LogP contribution is 2.28. The van der Waals surface area contributed by atoms with Gasteiger partial charge >= 0.3 is 0 Å². The molecule has 0 aliphatic carbocycles. The van der Waals surface area contributed by atoms with E-state index in [0.29, 0.717) is 22.8 Å². The zero-order chi connectivity index (χ0) is 19.3. The van der Waals surface area contributed by atoms with E-state index in [2.05, 4.69) is 21.7 Å². The van der Waals surface area contributed by atoms with E-state index in [4.69, 9.17) is 0 Å². The van der Waals surface area contributed by atoms with Crippen LogP contribution in [0, 0.1) is 18.3 Å². The Kier molecular flexibility index (Phi) is 6.37. The summed E-state index contributed by atoms with van der Waals surface area (Å²) in [5.41, 5.74) is 2.54. The monoisotopic (exact) mass is 391 g/mol. The lowest BCUT2D eigenvalue weighted by Crippen LogP contribution is -2.22. The molecule has 0 spiro atoms. The number of allylic oxidation sites excluding steroid dienone is 1. The van der Waals surface area contributed by atoms with Crippen LogP contribution >= 0.6 is 11.3 Å². The molecule has 0 radical (unpaired) electrons. The van der Waals surface area contributed by atoms with Crippen LogP contribution in [-0.4, -0.2) is 38.3 Å². The lowest BCUT2D eigenvalue weighted by atomic mass is 10.2. The second-order valence-electron chi connectivity index (χ2n) is 5.63. The Morgan fingerprint density at radius 1 is 1.38 bits per heavy atom. The van der Waals surface area contributed by atoms with E-state index < -0.39 is 10.0 Å². The van der Waals surface area contributed by atoms with Crippen molar-refractivity contribution < 1.29 is 8.42 Å². The van der Waals surface area contributed by atoms with Gasteiger partial charge in [0, 0.05) is 37.9 Å². The number of nitrogens with zero attached hydrogens (tertiary/aromatic N) is 3. The Balaban J connectivity index is 2.43. The number of hydrogen-bond acceptors (Lipinski definition) is 7. The van der Waals surface area contributed by atoms with Crippen LogP contribution in [0.15, 0.2) is 34.7 Å². The van der Waals surface area contributed by atoms with Crippen molar-refractivity contribution in [2.45, 2.75) is 18.7 Å². The summed E-state index contributed by atoms with van der Waals surface area (Å²) in [6.07, 6.45) is 1.54. The van der Waals surface area contributed by atoms with Crippen LogP contribution in [-0.2, 0) is 10.0 Å². The molecule has 2 rings (SSSR count). The van der Waals surface area contributed by atoms with Gasteiger partial charge in [-0.2, -0.15) is 5.26 Å². The van der Waals surface area contributed by atoms with Gasteiger partial charge in [0.1, 0.15) is 16.6 Å². The Morgan fingerprint density at radius 3 is 2.65 bits per heavy atom. The number of aryl methyl sites for hydroxylation is 1. The van der Waals surface area contributed by atoms with Gasteiger partial charge < -0.3 is 10.6 Å². The van der Waals surface area contributed by atoms with Gasteiger partial charge in [-0.05, 0) is 32.0 Å². The van der Waals surface area contributed by atoms with E-state index in [1.807, 2.05) is 19.2 Å². The van der Waals surface area contributed by atoms with Crippen molar-refractivity contribution in [2.24, 2.45) is 0 Å². The maximum atomic E-state index is 12.4. The molecule has 0 fully saturated rings. The predicted molar refractivity (Wildman–Crippen MR) is 106 cm³/mol. The maximum Gasteiger partial charge on any atom is 0.242 e. The van der Waals surface area contributed by atoms with E-state index in [1.54, 1.807) is 24.4 Å². The summed E-state index contributed by atoms with van der Waals surface area (Å²) in [6.45, 7) is 4.49. The maximum absolute atomic E-state index is 12.4. The van der Waals surface area contributed by atoms with Crippen LogP contribution in [0.3, 0.4) is 0 Å². The standard InChI is InChI=1S/C17H21N5O2S2/c1-5-19-15-7-6-14(26(23,24)22(3)4)8-16(15)20-10-13(9-18)17-21-12(2)11-25-17/h6-8,10-11,19-20H,5H2,1-4H3/b13-10+. The third-order valence-corrected chi connectivity index (χ3v) is 6.28. The first-order valence-corrected chi connectivity index (χ1v) is 10.2. The van der Waals surface area contributed by atoms with Gasteiger partial charge in [0.2, 0.25) is 10.0 Å². The lowest BCUT2D eigenvalue weighted by Gasteiger charge is -2.15. The molecule has 0 aliphatic heterocycles. The number of aromatic nitrogens is 1. The van der Waals surface area contributed by atoms with Crippen molar-refractivity contribution in [1.29, 1.82) is 5.26 Å². The van der Waals surface area contributed by atoms with Crippen LogP contribution in [0.5, 0.6) is 0 Å². The van der Waals surface area contributed by atoms with E-state index in [0.717, 1.165) is 15.7 Å². The first-order valence-electron chi connectivity index (χ1n) is 7.89. The second-order valence-corrected chi connectivity index (χ2v) is 8.64. The summed E-state index contributed by atoms with van der Waals surface area (Å²) >= 11 is 1.38. The number of sulfonamides is 1. The Morgan fingerprint density at radius 2 is 2.12 bits per heavy atom. The number of anilines is 2. The minimum atomic E-state index is -3.55. The molecule has 0 bridgehead atoms. The normalized spacial score (nSPS) is 12.1. The highest BCUT2D eigenvalue weighted by molar-refractivity contribution is 7.89. The fourth-order valence-electron chi connectivity index (χ4n) is 2.13. The highest BCUT2D eigenvalue weighted by Gasteiger charge is 2.18. The summed E-state index contributed by atoms with van der Waals surface area (Å²) in [6, 6.07) is 6.92. The second kappa shape index (κ2) is 8.31. The predicted octanol–water partition coefficient (Wildman–Crippen LogP) is 3.11. The van der Waals surface area contributed by atoms with E-state index >= 15 is 0 Å². The summed E-state index contributed by atoms with van der Waals surface area (Å²) in [5, 5.41) is 18.1. The molecule has 2 N–H and O–H groups in total. The number of thiazole rings is 1. The van der Waals surface area contributed by atoms with Gasteiger partial charge in [-0.15, -0.1) is 11.3 Å². The molecule has 0 aliphatic rings. The molecule has 0 unspecified atom stereocenters. The smallest absolute Gasteiger partial charge is 0.242 e. The van der Waals surface area contributed by atoms with Crippen molar-refractivity contribution in [3.05, 3.63) is 40.5 Å². The molecule has 1 heterocycles. The van der Waals surface area contributed by atoms with Crippen LogP contribution in [0.4, 0.5) is 11.4 Å². The lowest BCUT2D eigenvalue weighted by molar-refractivity contribution is 0.521. The average Bonchev–Trinajstić information content (AvgIpc) is 3.03. The topological polar surface area (TPSA) is 98.1 Å². The number of benzene rings is 1.